The molecule has 3 amide bonds. The molecule has 208 valence electrons. The number of nitrogens with zero attached hydrogens (tertiary/aromatic N) is 3. The van der Waals surface area contributed by atoms with Crippen LogP contribution in [0.25, 0.3) is 0 Å². The van der Waals surface area contributed by atoms with Gasteiger partial charge in [0.15, 0.2) is 0 Å². The van der Waals surface area contributed by atoms with Gasteiger partial charge in [0.1, 0.15) is 5.82 Å². The molecule has 8 nitrogen and oxygen atoms in total. The van der Waals surface area contributed by atoms with Gasteiger partial charge >= 0.3 is 12.0 Å². The lowest BCUT2D eigenvalue weighted by Crippen LogP contribution is -2.56. The summed E-state index contributed by atoms with van der Waals surface area (Å²) in [6, 6.07) is 9.23. The fourth-order valence-electron chi connectivity index (χ4n) is 5.05. The third-order valence-corrected chi connectivity index (χ3v) is 7.70. The highest BCUT2D eigenvalue weighted by atomic mass is 35.5. The van der Waals surface area contributed by atoms with Crippen LogP contribution >= 0.6 is 23.2 Å². The number of urea groups is 1. The second-order valence-electron chi connectivity index (χ2n) is 9.47. The molecule has 2 aromatic carbocycles. The van der Waals surface area contributed by atoms with Crippen molar-refractivity contribution in [3.63, 3.8) is 0 Å². The van der Waals surface area contributed by atoms with Crippen molar-refractivity contribution in [2.45, 2.75) is 32.9 Å². The zero-order valence-electron chi connectivity index (χ0n) is 22.0. The van der Waals surface area contributed by atoms with Gasteiger partial charge in [-0.3, -0.25) is 14.6 Å². The molecule has 0 saturated carbocycles. The lowest BCUT2D eigenvalue weighted by molar-refractivity contribution is -0.139. The standard InChI is InChI=1S/C28H31Cl2FN4O4/c1-4-34-23(16-33-12-13-35(17(3)15-33)26(36)18-6-9-20(31)10-7-18)24(27(37)39-5-2)25(32-28(34)38)19-8-11-21(29)22(30)14-19/h6-11,14,17,25H,4-5,12-13,15-16H2,1-3H3,(H,32,38). The minimum Gasteiger partial charge on any atom is -0.463 e. The molecule has 2 unspecified atom stereocenters. The van der Waals surface area contributed by atoms with Crippen LogP contribution in [0.4, 0.5) is 9.18 Å². The molecule has 4 rings (SSSR count). The van der Waals surface area contributed by atoms with Gasteiger partial charge in [-0.2, -0.15) is 0 Å². The van der Waals surface area contributed by atoms with E-state index in [0.29, 0.717) is 65.2 Å². The Morgan fingerprint density at radius 3 is 2.41 bits per heavy atom. The topological polar surface area (TPSA) is 82.2 Å². The third-order valence-electron chi connectivity index (χ3n) is 6.96. The Hall–Kier alpha value is -3.14. The number of ether oxygens (including phenoxy) is 1. The Balaban J connectivity index is 1.64. The minimum absolute atomic E-state index is 0.152. The molecule has 1 saturated heterocycles. The van der Waals surface area contributed by atoms with Gasteiger partial charge in [-0.25, -0.2) is 14.0 Å². The fourth-order valence-corrected chi connectivity index (χ4v) is 5.35. The van der Waals surface area contributed by atoms with E-state index in [2.05, 4.69) is 10.2 Å². The summed E-state index contributed by atoms with van der Waals surface area (Å²) in [6.07, 6.45) is 0. The first-order valence-electron chi connectivity index (χ1n) is 12.9. The first-order chi connectivity index (χ1) is 18.6. The van der Waals surface area contributed by atoms with Crippen molar-refractivity contribution in [3.8, 4) is 0 Å². The lowest BCUT2D eigenvalue weighted by atomic mass is 9.94. The maximum atomic E-state index is 13.3. The van der Waals surface area contributed by atoms with Gasteiger partial charge < -0.3 is 15.0 Å². The molecule has 0 aromatic heterocycles. The molecule has 2 heterocycles. The predicted octanol–water partition coefficient (Wildman–Crippen LogP) is 4.88. The number of carbonyl (C=O) groups excluding carboxylic acids is 3. The smallest absolute Gasteiger partial charge is 0.338 e. The van der Waals surface area contributed by atoms with Crippen molar-refractivity contribution in [3.05, 3.63) is 80.7 Å². The molecule has 0 bridgehead atoms. The first-order valence-corrected chi connectivity index (χ1v) is 13.6. The van der Waals surface area contributed by atoms with E-state index in [9.17, 15) is 18.8 Å². The summed E-state index contributed by atoms with van der Waals surface area (Å²) in [5, 5.41) is 3.59. The van der Waals surface area contributed by atoms with Crippen LogP contribution in [0.5, 0.6) is 0 Å². The van der Waals surface area contributed by atoms with Gasteiger partial charge in [0, 0.05) is 50.0 Å². The van der Waals surface area contributed by atoms with Crippen molar-refractivity contribution in [2.24, 2.45) is 0 Å². The van der Waals surface area contributed by atoms with Gasteiger partial charge in [-0.15, -0.1) is 0 Å². The Labute approximate surface area is 237 Å². The van der Waals surface area contributed by atoms with Gasteiger partial charge in [0.2, 0.25) is 0 Å². The minimum atomic E-state index is -0.775. The molecule has 0 radical (unpaired) electrons. The van der Waals surface area contributed by atoms with Crippen molar-refractivity contribution < 1.29 is 23.5 Å². The summed E-state index contributed by atoms with van der Waals surface area (Å²) in [6.45, 7) is 7.80. The molecule has 2 aromatic rings. The number of hydrogen-bond acceptors (Lipinski definition) is 5. The molecule has 2 atom stereocenters. The van der Waals surface area contributed by atoms with Crippen LogP contribution in [0.15, 0.2) is 53.7 Å². The molecule has 11 heteroatoms. The normalized spacial score (nSPS) is 20.2. The van der Waals surface area contributed by atoms with Crippen LogP contribution in [0.1, 0.15) is 42.7 Å². The zero-order valence-corrected chi connectivity index (χ0v) is 23.6. The number of amides is 3. The lowest BCUT2D eigenvalue weighted by Gasteiger charge is -2.43. The van der Waals surface area contributed by atoms with E-state index in [1.807, 2.05) is 13.8 Å². The van der Waals surface area contributed by atoms with Crippen molar-refractivity contribution >= 4 is 41.1 Å². The van der Waals surface area contributed by atoms with E-state index in [1.54, 1.807) is 34.9 Å². The van der Waals surface area contributed by atoms with Gasteiger partial charge in [0.25, 0.3) is 5.91 Å². The number of nitrogens with one attached hydrogen (secondary N) is 1. The predicted molar refractivity (Wildman–Crippen MR) is 147 cm³/mol. The molecule has 0 spiro atoms. The Morgan fingerprint density at radius 2 is 1.79 bits per heavy atom. The van der Waals surface area contributed by atoms with E-state index < -0.39 is 17.8 Å². The highest BCUT2D eigenvalue weighted by Crippen LogP contribution is 2.35. The maximum Gasteiger partial charge on any atom is 0.338 e. The summed E-state index contributed by atoms with van der Waals surface area (Å²) in [4.78, 5) is 45.0. The number of hydrogen-bond donors (Lipinski definition) is 1. The van der Waals surface area contributed by atoms with E-state index >= 15 is 0 Å². The molecule has 1 fully saturated rings. The SMILES string of the molecule is CCOC(=O)C1=C(CN2CCN(C(=O)c3ccc(F)cc3)C(C)C2)N(CC)C(=O)NC1c1ccc(Cl)c(Cl)c1. The second-order valence-corrected chi connectivity index (χ2v) is 10.3. The van der Waals surface area contributed by atoms with E-state index in [1.165, 1.54) is 24.3 Å². The van der Waals surface area contributed by atoms with Crippen molar-refractivity contribution in [2.75, 3.05) is 39.3 Å². The first kappa shape index (κ1) is 28.9. The van der Waals surface area contributed by atoms with Crippen LogP contribution in [0.2, 0.25) is 10.0 Å². The third kappa shape index (κ3) is 6.21. The number of halogens is 3. The van der Waals surface area contributed by atoms with Gasteiger partial charge in [-0.05, 0) is 62.7 Å². The van der Waals surface area contributed by atoms with Crippen LogP contribution in [0.3, 0.4) is 0 Å². The zero-order chi connectivity index (χ0) is 28.3. The fraction of sp³-hybridized carbons (Fsp3) is 0.393. The van der Waals surface area contributed by atoms with Crippen LogP contribution < -0.4 is 5.32 Å². The summed E-state index contributed by atoms with van der Waals surface area (Å²) in [5.74, 6) is -1.09. The number of carbonyl (C=O) groups is 3. The summed E-state index contributed by atoms with van der Waals surface area (Å²) in [7, 11) is 0. The van der Waals surface area contributed by atoms with Crippen molar-refractivity contribution in [1.29, 1.82) is 0 Å². The molecular formula is C28H31Cl2FN4O4. The van der Waals surface area contributed by atoms with E-state index in [-0.39, 0.29) is 24.6 Å². The van der Waals surface area contributed by atoms with Crippen LogP contribution in [-0.4, -0.2) is 78.0 Å². The maximum absolute atomic E-state index is 13.3. The van der Waals surface area contributed by atoms with Gasteiger partial charge in [-0.1, -0.05) is 29.3 Å². The van der Waals surface area contributed by atoms with Crippen molar-refractivity contribution in [1.82, 2.24) is 20.0 Å². The average Bonchev–Trinajstić information content (AvgIpc) is 2.90. The highest BCUT2D eigenvalue weighted by molar-refractivity contribution is 6.42. The largest absolute Gasteiger partial charge is 0.463 e. The number of rotatable bonds is 7. The number of esters is 1. The van der Waals surface area contributed by atoms with Crippen LogP contribution in [0, 0.1) is 5.82 Å². The molecule has 39 heavy (non-hydrogen) atoms. The molecule has 2 aliphatic rings. The van der Waals surface area contributed by atoms with E-state index in [4.69, 9.17) is 27.9 Å². The Morgan fingerprint density at radius 1 is 1.08 bits per heavy atom. The summed E-state index contributed by atoms with van der Waals surface area (Å²) >= 11 is 12.4. The monoisotopic (exact) mass is 576 g/mol. The number of piperazine rings is 1. The number of benzene rings is 2. The van der Waals surface area contributed by atoms with Gasteiger partial charge in [0.05, 0.1) is 28.3 Å². The van der Waals surface area contributed by atoms with E-state index in [0.717, 1.165) is 0 Å². The Kier molecular flexibility index (Phi) is 9.15. The quantitative estimate of drug-likeness (QED) is 0.475. The van der Waals surface area contributed by atoms with Crippen LogP contribution in [-0.2, 0) is 9.53 Å². The summed E-state index contributed by atoms with van der Waals surface area (Å²) in [5.41, 5.74) is 1.90. The molecule has 1 N–H and O–H groups in total. The molecule has 2 aliphatic heterocycles. The average molecular weight is 577 g/mol. The number of likely N-dealkylation sites (N-methyl/N-ethyl adjacent to an activating group) is 1. The molecule has 0 aliphatic carbocycles. The summed E-state index contributed by atoms with van der Waals surface area (Å²) < 4.78 is 18.8. The second kappa shape index (κ2) is 12.4. The Bertz CT molecular complexity index is 1290. The highest BCUT2D eigenvalue weighted by Gasteiger charge is 2.39. The molecular weight excluding hydrogens is 546 g/mol.